The number of para-hydroxylation sites is 1. The Morgan fingerprint density at radius 2 is 1.74 bits per heavy atom. The van der Waals surface area contributed by atoms with Gasteiger partial charge in [0.25, 0.3) is 0 Å². The Balaban J connectivity index is 1.83. The lowest BCUT2D eigenvalue weighted by Gasteiger charge is -2.11. The average molecular weight is 307 g/mol. The first-order valence-corrected chi connectivity index (χ1v) is 7.29. The van der Waals surface area contributed by atoms with Crippen LogP contribution in [-0.4, -0.2) is 15.2 Å². The second kappa shape index (κ2) is 6.40. The fourth-order valence-corrected chi connectivity index (χ4v) is 2.39. The molecular weight excluding hydrogens is 290 g/mol. The largest absolute Gasteiger partial charge is 0.508 e. The van der Waals surface area contributed by atoms with Crippen molar-refractivity contribution in [1.82, 2.24) is 4.98 Å². The summed E-state index contributed by atoms with van der Waals surface area (Å²) in [5.41, 5.74) is 3.19. The number of rotatable bonds is 4. The van der Waals surface area contributed by atoms with Crippen LogP contribution in [0.15, 0.2) is 60.9 Å². The molecule has 0 unspecified atom stereocenters. The molecule has 1 heterocycles. The van der Waals surface area contributed by atoms with Gasteiger partial charge in [-0.2, -0.15) is 0 Å². The Kier molecular flexibility index (Phi) is 4.15. The molecule has 0 saturated heterocycles. The third-order valence-electron chi connectivity index (χ3n) is 3.70. The molecule has 2 aromatic carbocycles. The van der Waals surface area contributed by atoms with Crippen molar-refractivity contribution >= 4 is 0 Å². The monoisotopic (exact) mass is 307 g/mol. The van der Waals surface area contributed by atoms with Gasteiger partial charge >= 0.3 is 0 Å². The molecule has 0 aliphatic heterocycles. The van der Waals surface area contributed by atoms with Crippen LogP contribution in [0.4, 0.5) is 0 Å². The van der Waals surface area contributed by atoms with Gasteiger partial charge < -0.3 is 14.9 Å². The molecule has 3 aromatic rings. The smallest absolute Gasteiger partial charge is 0.138 e. The summed E-state index contributed by atoms with van der Waals surface area (Å²) in [4.78, 5) is 4.16. The van der Waals surface area contributed by atoms with Gasteiger partial charge in [-0.15, -0.1) is 0 Å². The molecule has 0 spiro atoms. The lowest BCUT2D eigenvalue weighted by atomic mass is 10.1. The van der Waals surface area contributed by atoms with Crippen molar-refractivity contribution in [2.75, 3.05) is 0 Å². The predicted molar refractivity (Wildman–Crippen MR) is 88.5 cm³/mol. The number of aryl methyl sites for hydroxylation is 1. The quantitative estimate of drug-likeness (QED) is 0.763. The second-order valence-electron chi connectivity index (χ2n) is 5.29. The van der Waals surface area contributed by atoms with Gasteiger partial charge in [0.05, 0.1) is 6.20 Å². The van der Waals surface area contributed by atoms with Crippen LogP contribution in [0.5, 0.6) is 17.2 Å². The lowest BCUT2D eigenvalue weighted by Crippen LogP contribution is -1.99. The standard InChI is InChI=1S/C19H17NO3/c1-13-5-4-8-19(22)17(13)12-23-15-9-14(10-20-11-15)16-6-2-3-7-18(16)21/h2-11,21-22H,12H2,1H3. The summed E-state index contributed by atoms with van der Waals surface area (Å²) in [6.07, 6.45) is 3.28. The van der Waals surface area contributed by atoms with E-state index in [9.17, 15) is 10.2 Å². The summed E-state index contributed by atoms with van der Waals surface area (Å²) in [5.74, 6) is 0.992. The van der Waals surface area contributed by atoms with Gasteiger partial charge in [0.15, 0.2) is 0 Å². The molecule has 4 nitrogen and oxygen atoms in total. The van der Waals surface area contributed by atoms with Crippen molar-refractivity contribution in [2.45, 2.75) is 13.5 Å². The number of phenols is 2. The number of pyridine rings is 1. The van der Waals surface area contributed by atoms with Crippen molar-refractivity contribution in [1.29, 1.82) is 0 Å². The minimum absolute atomic E-state index is 0.197. The van der Waals surface area contributed by atoms with Crippen LogP contribution < -0.4 is 4.74 Å². The minimum atomic E-state index is 0.197. The van der Waals surface area contributed by atoms with E-state index < -0.39 is 0 Å². The zero-order valence-electron chi connectivity index (χ0n) is 12.7. The Bertz CT molecular complexity index is 810. The predicted octanol–water partition coefficient (Wildman–Crippen LogP) is 4.05. The zero-order chi connectivity index (χ0) is 16.2. The number of ether oxygens (including phenoxy) is 1. The molecule has 0 bridgehead atoms. The van der Waals surface area contributed by atoms with Crippen LogP contribution in [0.25, 0.3) is 11.1 Å². The van der Waals surface area contributed by atoms with Crippen molar-refractivity contribution < 1.29 is 14.9 Å². The van der Waals surface area contributed by atoms with E-state index in [-0.39, 0.29) is 18.1 Å². The molecule has 0 fully saturated rings. The Hall–Kier alpha value is -3.01. The molecule has 0 aliphatic carbocycles. The molecule has 2 N–H and O–H groups in total. The van der Waals surface area contributed by atoms with Crippen LogP contribution in [0.2, 0.25) is 0 Å². The molecule has 0 saturated carbocycles. The van der Waals surface area contributed by atoms with Gasteiger partial charge in [-0.3, -0.25) is 4.98 Å². The number of hydrogen-bond acceptors (Lipinski definition) is 4. The maximum absolute atomic E-state index is 9.93. The highest BCUT2D eigenvalue weighted by molar-refractivity contribution is 5.70. The lowest BCUT2D eigenvalue weighted by molar-refractivity contribution is 0.297. The summed E-state index contributed by atoms with van der Waals surface area (Å²) < 4.78 is 5.75. The third-order valence-corrected chi connectivity index (χ3v) is 3.70. The number of aromatic nitrogens is 1. The van der Waals surface area contributed by atoms with E-state index in [2.05, 4.69) is 4.98 Å². The maximum Gasteiger partial charge on any atom is 0.138 e. The van der Waals surface area contributed by atoms with E-state index in [0.717, 1.165) is 16.7 Å². The highest BCUT2D eigenvalue weighted by Gasteiger charge is 2.08. The summed E-state index contributed by atoms with van der Waals surface area (Å²) in [6.45, 7) is 2.18. The molecule has 23 heavy (non-hydrogen) atoms. The second-order valence-corrected chi connectivity index (χ2v) is 5.29. The molecule has 4 heteroatoms. The van der Waals surface area contributed by atoms with E-state index in [1.54, 1.807) is 36.7 Å². The van der Waals surface area contributed by atoms with E-state index in [4.69, 9.17) is 4.74 Å². The van der Waals surface area contributed by atoms with Gasteiger partial charge in [-0.1, -0.05) is 30.3 Å². The minimum Gasteiger partial charge on any atom is -0.508 e. The van der Waals surface area contributed by atoms with E-state index >= 15 is 0 Å². The highest BCUT2D eigenvalue weighted by Crippen LogP contribution is 2.30. The molecule has 0 amide bonds. The Morgan fingerprint density at radius 1 is 0.957 bits per heavy atom. The van der Waals surface area contributed by atoms with Crippen LogP contribution in [-0.2, 0) is 6.61 Å². The normalized spacial score (nSPS) is 10.5. The van der Waals surface area contributed by atoms with Crippen LogP contribution in [0.1, 0.15) is 11.1 Å². The highest BCUT2D eigenvalue weighted by atomic mass is 16.5. The number of hydrogen-bond donors (Lipinski definition) is 2. The van der Waals surface area contributed by atoms with Gasteiger partial charge in [0, 0.05) is 22.9 Å². The molecular formula is C19H17NO3. The number of aromatic hydroxyl groups is 2. The number of nitrogens with zero attached hydrogens (tertiary/aromatic N) is 1. The van der Waals surface area contributed by atoms with Crippen molar-refractivity contribution in [3.8, 4) is 28.4 Å². The van der Waals surface area contributed by atoms with Gasteiger partial charge in [0.2, 0.25) is 0 Å². The van der Waals surface area contributed by atoms with Gasteiger partial charge in [0.1, 0.15) is 23.9 Å². The molecule has 116 valence electrons. The summed E-state index contributed by atoms with van der Waals surface area (Å²) in [5, 5.41) is 19.8. The number of phenolic OH excluding ortho intramolecular Hbond substituents is 2. The topological polar surface area (TPSA) is 62.6 Å². The fraction of sp³-hybridized carbons (Fsp3) is 0.105. The van der Waals surface area contributed by atoms with Crippen molar-refractivity contribution in [2.24, 2.45) is 0 Å². The summed E-state index contributed by atoms with van der Waals surface area (Å²) in [7, 11) is 0. The van der Waals surface area contributed by atoms with Gasteiger partial charge in [-0.25, -0.2) is 0 Å². The third kappa shape index (κ3) is 3.26. The molecule has 0 aliphatic rings. The fourth-order valence-electron chi connectivity index (χ4n) is 2.39. The van der Waals surface area contributed by atoms with Crippen molar-refractivity contribution in [3.05, 3.63) is 72.1 Å². The van der Waals surface area contributed by atoms with Crippen LogP contribution in [0, 0.1) is 6.92 Å². The average Bonchev–Trinajstić information content (AvgIpc) is 2.55. The molecule has 1 aromatic heterocycles. The number of benzene rings is 2. The van der Waals surface area contributed by atoms with Crippen molar-refractivity contribution in [3.63, 3.8) is 0 Å². The van der Waals surface area contributed by atoms with E-state index in [1.165, 1.54) is 0 Å². The maximum atomic E-state index is 9.93. The first-order valence-electron chi connectivity index (χ1n) is 7.29. The Morgan fingerprint density at radius 3 is 2.52 bits per heavy atom. The summed E-state index contributed by atoms with van der Waals surface area (Å²) in [6, 6.07) is 14.3. The first kappa shape index (κ1) is 14.9. The molecule has 0 radical (unpaired) electrons. The van der Waals surface area contributed by atoms with Crippen LogP contribution >= 0.6 is 0 Å². The van der Waals surface area contributed by atoms with E-state index in [1.807, 2.05) is 31.2 Å². The Labute approximate surface area is 134 Å². The van der Waals surface area contributed by atoms with E-state index in [0.29, 0.717) is 11.3 Å². The molecule has 0 atom stereocenters. The first-order chi connectivity index (χ1) is 11.1. The zero-order valence-corrected chi connectivity index (χ0v) is 12.7. The molecule has 3 rings (SSSR count). The van der Waals surface area contributed by atoms with Crippen LogP contribution in [0.3, 0.4) is 0 Å². The summed E-state index contributed by atoms with van der Waals surface area (Å²) >= 11 is 0. The SMILES string of the molecule is Cc1cccc(O)c1COc1cncc(-c2ccccc2O)c1. The van der Waals surface area contributed by atoms with Gasteiger partial charge in [-0.05, 0) is 30.7 Å².